The summed E-state index contributed by atoms with van der Waals surface area (Å²) < 4.78 is 154. The molecule has 0 heterocycles. The molecule has 1 aliphatic rings. The lowest BCUT2D eigenvalue weighted by molar-refractivity contribution is -0.387. The van der Waals surface area contributed by atoms with Crippen molar-refractivity contribution in [3.8, 4) is 0 Å². The molecule has 1 fully saturated rings. The van der Waals surface area contributed by atoms with Crippen molar-refractivity contribution in [3.05, 3.63) is 71.3 Å². The maximum Gasteiger partial charge on any atom is 0.426 e. The van der Waals surface area contributed by atoms with Gasteiger partial charge in [0.15, 0.2) is 0 Å². The highest BCUT2D eigenvalue weighted by Gasteiger charge is 2.73. The van der Waals surface area contributed by atoms with Gasteiger partial charge in [0.2, 0.25) is 10.0 Å². The van der Waals surface area contributed by atoms with E-state index in [0.717, 1.165) is 7.11 Å². The monoisotopic (exact) mass is 649 g/mol. The summed E-state index contributed by atoms with van der Waals surface area (Å²) in [4.78, 5) is 12.0. The highest BCUT2D eigenvalue weighted by atomic mass is 32.2. The second-order valence-electron chi connectivity index (χ2n) is 10.3. The van der Waals surface area contributed by atoms with E-state index < -0.39 is 96.0 Å². The molecule has 2 aromatic carbocycles. The minimum atomic E-state index is -6.13. The summed E-state index contributed by atoms with van der Waals surface area (Å²) in [6, 6.07) is 11.0. The van der Waals surface area contributed by atoms with Crippen LogP contribution in [0.15, 0.2) is 54.6 Å². The fourth-order valence-electron chi connectivity index (χ4n) is 5.39. The molecule has 1 saturated carbocycles. The number of methoxy groups -OCH3 is 1. The van der Waals surface area contributed by atoms with Crippen LogP contribution >= 0.6 is 0 Å². The molecule has 43 heavy (non-hydrogen) atoms. The lowest BCUT2D eigenvalue weighted by atomic mass is 9.74. The van der Waals surface area contributed by atoms with Gasteiger partial charge in [-0.25, -0.2) is 13.2 Å². The van der Waals surface area contributed by atoms with Crippen LogP contribution in [0.4, 0.5) is 39.5 Å². The van der Waals surface area contributed by atoms with Gasteiger partial charge in [-0.3, -0.25) is 0 Å². The SMILES string of the molecule is COC(=O)c1cccc(CC(c2ccccc2)S(=O)(=O)N(CC(F)(F)F)C2CCC(C(O)(C(F)(F)F)C(F)(F)F)CC2)c1. The number of rotatable bonds is 9. The molecular weight excluding hydrogens is 621 g/mol. The number of sulfonamides is 1. The van der Waals surface area contributed by atoms with Crippen molar-refractivity contribution in [2.75, 3.05) is 13.7 Å². The van der Waals surface area contributed by atoms with Gasteiger partial charge in [-0.05, 0) is 55.4 Å². The van der Waals surface area contributed by atoms with Crippen LogP contribution in [0.1, 0.15) is 52.4 Å². The van der Waals surface area contributed by atoms with Crippen LogP contribution in [0.25, 0.3) is 0 Å². The van der Waals surface area contributed by atoms with Gasteiger partial charge < -0.3 is 9.84 Å². The number of alkyl halides is 9. The van der Waals surface area contributed by atoms with Crippen LogP contribution in [0.5, 0.6) is 0 Å². The van der Waals surface area contributed by atoms with Crippen molar-refractivity contribution in [2.45, 2.75) is 67.5 Å². The average molecular weight is 650 g/mol. The Morgan fingerprint density at radius 2 is 1.47 bits per heavy atom. The summed E-state index contributed by atoms with van der Waals surface area (Å²) in [7, 11) is -3.89. The van der Waals surface area contributed by atoms with E-state index in [-0.39, 0.29) is 21.0 Å². The van der Waals surface area contributed by atoms with E-state index in [1.807, 2.05) is 0 Å². The van der Waals surface area contributed by atoms with Crippen molar-refractivity contribution in [1.29, 1.82) is 0 Å². The first kappa shape index (κ1) is 34.6. The molecule has 0 spiro atoms. The average Bonchev–Trinajstić information content (AvgIpc) is 2.92. The Bertz CT molecular complexity index is 1340. The minimum absolute atomic E-state index is 0.0384. The molecule has 1 aliphatic carbocycles. The third kappa shape index (κ3) is 7.63. The summed E-state index contributed by atoms with van der Waals surface area (Å²) in [6.45, 7) is -2.04. The maximum absolute atomic E-state index is 14.0. The topological polar surface area (TPSA) is 83.9 Å². The summed E-state index contributed by atoms with van der Waals surface area (Å²) in [5.74, 6) is -3.21. The first-order valence-corrected chi connectivity index (χ1v) is 14.4. The summed E-state index contributed by atoms with van der Waals surface area (Å²) >= 11 is 0. The van der Waals surface area contributed by atoms with Crippen LogP contribution in [0, 0.1) is 5.92 Å². The highest BCUT2D eigenvalue weighted by molar-refractivity contribution is 7.89. The van der Waals surface area contributed by atoms with Crippen molar-refractivity contribution in [1.82, 2.24) is 4.31 Å². The van der Waals surface area contributed by atoms with Gasteiger partial charge in [0, 0.05) is 12.0 Å². The fraction of sp³-hybridized carbons (Fsp3) is 0.519. The Labute approximate surface area is 241 Å². The predicted molar refractivity (Wildman–Crippen MR) is 135 cm³/mol. The van der Waals surface area contributed by atoms with Gasteiger partial charge in [0.1, 0.15) is 11.8 Å². The molecule has 0 aliphatic heterocycles. The number of ether oxygens (including phenoxy) is 1. The number of aliphatic hydroxyl groups is 1. The standard InChI is InChI=1S/C27H28F9NO5S/c1-42-23(38)19-9-5-6-17(14-19)15-22(18-7-3-2-4-8-18)43(40,41)37(16-24(28,29)30)21-12-10-20(11-13-21)25(39,26(31,32)33)27(34,35)36/h2-9,14,20-22,39H,10-13,15-16H2,1H3. The lowest BCUT2D eigenvalue weighted by Crippen LogP contribution is -2.62. The number of nitrogens with zero attached hydrogens (tertiary/aromatic N) is 1. The molecule has 2 aromatic rings. The Hall–Kier alpha value is -2.85. The normalized spacial score (nSPS) is 19.7. The summed E-state index contributed by atoms with van der Waals surface area (Å²) in [6.07, 6.45) is -21.5. The number of carbonyl (C=O) groups is 1. The molecule has 1 N–H and O–H groups in total. The molecule has 0 amide bonds. The smallest absolute Gasteiger partial charge is 0.426 e. The zero-order valence-electron chi connectivity index (χ0n) is 22.5. The van der Waals surface area contributed by atoms with Gasteiger partial charge in [0.05, 0.1) is 12.7 Å². The Morgan fingerprint density at radius 3 is 1.95 bits per heavy atom. The molecule has 240 valence electrons. The molecule has 0 bridgehead atoms. The number of hydrogen-bond acceptors (Lipinski definition) is 5. The lowest BCUT2D eigenvalue weighted by Gasteiger charge is -2.44. The van der Waals surface area contributed by atoms with Crippen molar-refractivity contribution in [2.24, 2.45) is 5.92 Å². The molecule has 1 unspecified atom stereocenters. The Morgan fingerprint density at radius 1 is 0.907 bits per heavy atom. The minimum Gasteiger partial charge on any atom is -0.465 e. The van der Waals surface area contributed by atoms with Crippen LogP contribution in [0.2, 0.25) is 0 Å². The number of halogens is 9. The summed E-state index contributed by atoms with van der Waals surface area (Å²) in [5, 5.41) is 8.09. The largest absolute Gasteiger partial charge is 0.465 e. The van der Waals surface area contributed by atoms with E-state index in [4.69, 9.17) is 0 Å². The van der Waals surface area contributed by atoms with Crippen LogP contribution in [-0.4, -0.2) is 67.6 Å². The van der Waals surface area contributed by atoms with Gasteiger partial charge >= 0.3 is 24.5 Å². The van der Waals surface area contributed by atoms with Gasteiger partial charge in [-0.2, -0.15) is 43.8 Å². The predicted octanol–water partition coefficient (Wildman–Crippen LogP) is 6.37. The second-order valence-corrected chi connectivity index (χ2v) is 12.3. The Balaban J connectivity index is 2.02. The third-order valence-electron chi connectivity index (χ3n) is 7.52. The molecule has 3 rings (SSSR count). The number of hydrogen-bond donors (Lipinski definition) is 1. The quantitative estimate of drug-likeness (QED) is 0.253. The zero-order chi connectivity index (χ0) is 32.4. The molecular formula is C27H28F9NO5S. The van der Waals surface area contributed by atoms with Crippen molar-refractivity contribution < 1.29 is 62.6 Å². The van der Waals surface area contributed by atoms with E-state index in [1.54, 1.807) is 0 Å². The molecule has 1 atom stereocenters. The maximum atomic E-state index is 14.0. The fourth-order valence-corrected chi connectivity index (χ4v) is 7.58. The van der Waals surface area contributed by atoms with E-state index in [2.05, 4.69) is 4.74 Å². The van der Waals surface area contributed by atoms with E-state index >= 15 is 0 Å². The van der Waals surface area contributed by atoms with E-state index in [9.17, 15) is 57.8 Å². The van der Waals surface area contributed by atoms with Gasteiger partial charge in [-0.15, -0.1) is 0 Å². The van der Waals surface area contributed by atoms with Crippen LogP contribution < -0.4 is 0 Å². The van der Waals surface area contributed by atoms with Crippen LogP contribution in [-0.2, 0) is 21.2 Å². The molecule has 0 aromatic heterocycles. The third-order valence-corrected chi connectivity index (χ3v) is 9.76. The van der Waals surface area contributed by atoms with Crippen molar-refractivity contribution in [3.63, 3.8) is 0 Å². The number of benzene rings is 2. The van der Waals surface area contributed by atoms with E-state index in [0.29, 0.717) is 0 Å². The highest BCUT2D eigenvalue weighted by Crippen LogP contribution is 2.52. The molecule has 6 nitrogen and oxygen atoms in total. The molecule has 16 heteroatoms. The number of carbonyl (C=O) groups excluding carboxylic acids is 1. The van der Waals surface area contributed by atoms with E-state index in [1.165, 1.54) is 54.6 Å². The molecule has 0 saturated heterocycles. The van der Waals surface area contributed by atoms with Crippen molar-refractivity contribution >= 4 is 16.0 Å². The first-order valence-electron chi connectivity index (χ1n) is 12.9. The summed E-state index contributed by atoms with van der Waals surface area (Å²) in [5.41, 5.74) is -4.78. The Kier molecular flexibility index (Phi) is 10.2. The second kappa shape index (κ2) is 12.6. The first-order chi connectivity index (χ1) is 19.7. The van der Waals surface area contributed by atoms with Gasteiger partial charge in [-0.1, -0.05) is 42.5 Å². The molecule has 0 radical (unpaired) electrons. The number of esters is 1. The zero-order valence-corrected chi connectivity index (χ0v) is 23.3. The van der Waals surface area contributed by atoms with Gasteiger partial charge in [0.25, 0.3) is 5.60 Å². The van der Waals surface area contributed by atoms with Crippen LogP contribution in [0.3, 0.4) is 0 Å².